The van der Waals surface area contributed by atoms with E-state index in [0.717, 1.165) is 12.1 Å². The van der Waals surface area contributed by atoms with Gasteiger partial charge in [0.1, 0.15) is 0 Å². The summed E-state index contributed by atoms with van der Waals surface area (Å²) in [7, 11) is -3.86. The van der Waals surface area contributed by atoms with Crippen molar-refractivity contribution in [3.63, 3.8) is 0 Å². The highest BCUT2D eigenvalue weighted by atomic mass is 32.2. The van der Waals surface area contributed by atoms with E-state index in [0.29, 0.717) is 5.56 Å². The van der Waals surface area contributed by atoms with E-state index in [2.05, 4.69) is 4.72 Å². The van der Waals surface area contributed by atoms with Gasteiger partial charge in [-0.05, 0) is 29.8 Å². The van der Waals surface area contributed by atoms with Crippen LogP contribution in [0.5, 0.6) is 5.75 Å². The van der Waals surface area contributed by atoms with Crippen LogP contribution in [0.15, 0.2) is 47.4 Å². The maximum Gasteiger partial charge on any atom is 0.261 e. The fourth-order valence-corrected chi connectivity index (χ4v) is 2.71. The van der Waals surface area contributed by atoms with Crippen LogP contribution < -0.4 is 4.72 Å². The number of anilines is 1. The van der Waals surface area contributed by atoms with E-state index in [4.69, 9.17) is 10.4 Å². The predicted octanol–water partition coefficient (Wildman–Crippen LogP) is 2.40. The van der Waals surface area contributed by atoms with E-state index in [1.165, 1.54) is 30.3 Å². The Morgan fingerprint density at radius 2 is 1.86 bits per heavy atom. The highest BCUT2D eigenvalue weighted by Gasteiger charge is 2.15. The summed E-state index contributed by atoms with van der Waals surface area (Å²) in [6.07, 6.45) is 0.191. The molecule has 108 valence electrons. The number of sulfonamides is 1. The first-order chi connectivity index (χ1) is 9.92. The van der Waals surface area contributed by atoms with E-state index in [-0.39, 0.29) is 17.0 Å². The zero-order chi connectivity index (χ0) is 15.5. The third kappa shape index (κ3) is 3.49. The van der Waals surface area contributed by atoms with Gasteiger partial charge in [-0.25, -0.2) is 12.8 Å². The molecule has 2 N–H and O–H groups in total. The lowest BCUT2D eigenvalue weighted by atomic mass is 10.2. The van der Waals surface area contributed by atoms with Crippen LogP contribution in [0.1, 0.15) is 5.56 Å². The Balaban J connectivity index is 2.25. The molecule has 0 unspecified atom stereocenters. The van der Waals surface area contributed by atoms with Gasteiger partial charge in [-0.3, -0.25) is 4.72 Å². The van der Waals surface area contributed by atoms with Gasteiger partial charge < -0.3 is 5.11 Å². The SMILES string of the molecule is N#CCc1ccc(S(=O)(=O)Nc2ccc(O)c(F)c2)cc1. The normalized spacial score (nSPS) is 10.9. The average molecular weight is 306 g/mol. The zero-order valence-electron chi connectivity index (χ0n) is 10.7. The molecule has 0 atom stereocenters. The average Bonchev–Trinajstić information content (AvgIpc) is 2.44. The summed E-state index contributed by atoms with van der Waals surface area (Å²) in [4.78, 5) is -0.00215. The number of aromatic hydroxyl groups is 1. The number of nitriles is 1. The maximum atomic E-state index is 13.2. The second-order valence-electron chi connectivity index (χ2n) is 4.25. The molecule has 2 rings (SSSR count). The summed E-state index contributed by atoms with van der Waals surface area (Å²) < 4.78 is 39.6. The quantitative estimate of drug-likeness (QED) is 0.849. The van der Waals surface area contributed by atoms with Crippen molar-refractivity contribution >= 4 is 15.7 Å². The standard InChI is InChI=1S/C14H11FN2O3S/c15-13-9-11(3-6-14(13)18)17-21(19,20)12-4-1-10(2-5-12)7-8-16/h1-6,9,17-18H,7H2. The van der Waals surface area contributed by atoms with Crippen LogP contribution >= 0.6 is 0 Å². The smallest absolute Gasteiger partial charge is 0.261 e. The molecule has 0 aliphatic heterocycles. The van der Waals surface area contributed by atoms with Crippen LogP contribution in [0, 0.1) is 17.1 Å². The van der Waals surface area contributed by atoms with E-state index >= 15 is 0 Å². The third-order valence-electron chi connectivity index (χ3n) is 2.72. The Hall–Kier alpha value is -2.59. The monoisotopic (exact) mass is 306 g/mol. The van der Waals surface area contributed by atoms with Gasteiger partial charge in [0, 0.05) is 6.07 Å². The molecule has 0 spiro atoms. The van der Waals surface area contributed by atoms with Crippen LogP contribution in [0.2, 0.25) is 0 Å². The maximum absolute atomic E-state index is 13.2. The van der Waals surface area contributed by atoms with E-state index in [9.17, 15) is 12.8 Å². The summed E-state index contributed by atoms with van der Waals surface area (Å²) in [5.41, 5.74) is 0.707. The molecule has 0 aliphatic rings. The Labute approximate surface area is 121 Å². The van der Waals surface area contributed by atoms with Gasteiger partial charge in [0.05, 0.1) is 23.1 Å². The van der Waals surface area contributed by atoms with Gasteiger partial charge in [-0.1, -0.05) is 12.1 Å². The van der Waals surface area contributed by atoms with Crippen LogP contribution in [0.25, 0.3) is 0 Å². The highest BCUT2D eigenvalue weighted by molar-refractivity contribution is 7.92. The molecule has 2 aromatic rings. The summed E-state index contributed by atoms with van der Waals surface area (Å²) in [5, 5.41) is 17.6. The van der Waals surface area contributed by atoms with Gasteiger partial charge in [-0.2, -0.15) is 5.26 Å². The molecule has 0 saturated carbocycles. The van der Waals surface area contributed by atoms with Gasteiger partial charge in [0.2, 0.25) is 0 Å². The highest BCUT2D eigenvalue weighted by Crippen LogP contribution is 2.22. The van der Waals surface area contributed by atoms with Crippen molar-refractivity contribution in [1.29, 1.82) is 5.26 Å². The minimum atomic E-state index is -3.86. The van der Waals surface area contributed by atoms with Gasteiger partial charge >= 0.3 is 0 Å². The Kier molecular flexibility index (Phi) is 4.10. The van der Waals surface area contributed by atoms with Crippen molar-refractivity contribution in [1.82, 2.24) is 0 Å². The Bertz CT molecular complexity index is 796. The van der Waals surface area contributed by atoms with Crippen molar-refractivity contribution in [2.45, 2.75) is 11.3 Å². The number of halogens is 1. The lowest BCUT2D eigenvalue weighted by Gasteiger charge is -2.09. The van der Waals surface area contributed by atoms with E-state index in [1.807, 2.05) is 6.07 Å². The van der Waals surface area contributed by atoms with Crippen LogP contribution in [0.4, 0.5) is 10.1 Å². The van der Waals surface area contributed by atoms with E-state index < -0.39 is 21.6 Å². The third-order valence-corrected chi connectivity index (χ3v) is 4.11. The largest absolute Gasteiger partial charge is 0.505 e. The molecule has 0 fully saturated rings. The van der Waals surface area contributed by atoms with Crippen LogP contribution in [-0.4, -0.2) is 13.5 Å². The molecule has 5 nitrogen and oxygen atoms in total. The second-order valence-corrected chi connectivity index (χ2v) is 5.93. The topological polar surface area (TPSA) is 90.2 Å². The first-order valence-electron chi connectivity index (χ1n) is 5.89. The number of rotatable bonds is 4. The lowest BCUT2D eigenvalue weighted by molar-refractivity contribution is 0.432. The van der Waals surface area contributed by atoms with Crippen molar-refractivity contribution in [2.24, 2.45) is 0 Å². The van der Waals surface area contributed by atoms with Crippen molar-refractivity contribution in [2.75, 3.05) is 4.72 Å². The predicted molar refractivity (Wildman–Crippen MR) is 74.6 cm³/mol. The molecule has 0 bridgehead atoms. The molecule has 2 aromatic carbocycles. The first kappa shape index (κ1) is 14.8. The molecule has 0 heterocycles. The molecule has 0 aromatic heterocycles. The fourth-order valence-electron chi connectivity index (χ4n) is 1.66. The van der Waals surface area contributed by atoms with Crippen LogP contribution in [-0.2, 0) is 16.4 Å². The number of hydrogen-bond acceptors (Lipinski definition) is 4. The molecule has 0 aliphatic carbocycles. The Morgan fingerprint density at radius 1 is 1.19 bits per heavy atom. The van der Waals surface area contributed by atoms with Gasteiger partial charge in [-0.15, -0.1) is 0 Å². The minimum absolute atomic E-state index is 0.00215. The molecule has 21 heavy (non-hydrogen) atoms. The number of benzene rings is 2. The molecular weight excluding hydrogens is 295 g/mol. The van der Waals surface area contributed by atoms with Crippen molar-refractivity contribution in [3.8, 4) is 11.8 Å². The van der Waals surface area contributed by atoms with Crippen molar-refractivity contribution < 1.29 is 17.9 Å². The van der Waals surface area contributed by atoms with E-state index in [1.54, 1.807) is 0 Å². The number of nitrogens with zero attached hydrogens (tertiary/aromatic N) is 1. The Morgan fingerprint density at radius 3 is 2.43 bits per heavy atom. The van der Waals surface area contributed by atoms with Gasteiger partial charge in [0.15, 0.2) is 11.6 Å². The molecular formula is C14H11FN2O3S. The summed E-state index contributed by atoms with van der Waals surface area (Å²) in [6, 6.07) is 11.0. The number of phenolic OH excluding ortho intramolecular Hbond substituents is 1. The minimum Gasteiger partial charge on any atom is -0.505 e. The molecule has 0 saturated heterocycles. The number of hydrogen-bond donors (Lipinski definition) is 2. The fraction of sp³-hybridized carbons (Fsp3) is 0.0714. The van der Waals surface area contributed by atoms with Crippen LogP contribution in [0.3, 0.4) is 0 Å². The lowest BCUT2D eigenvalue weighted by Crippen LogP contribution is -2.13. The molecule has 0 amide bonds. The first-order valence-corrected chi connectivity index (χ1v) is 7.38. The molecule has 7 heteroatoms. The van der Waals surface area contributed by atoms with Gasteiger partial charge in [0.25, 0.3) is 10.0 Å². The van der Waals surface area contributed by atoms with Crippen molar-refractivity contribution in [3.05, 3.63) is 53.8 Å². The summed E-state index contributed by atoms with van der Waals surface area (Å²) in [6.45, 7) is 0. The summed E-state index contributed by atoms with van der Waals surface area (Å²) >= 11 is 0. The number of nitrogens with one attached hydrogen (secondary N) is 1. The molecule has 0 radical (unpaired) electrons. The second kappa shape index (κ2) is 5.81. The summed E-state index contributed by atoms with van der Waals surface area (Å²) in [5.74, 6) is -1.47. The number of phenols is 1. The zero-order valence-corrected chi connectivity index (χ0v) is 11.6.